The highest BCUT2D eigenvalue weighted by molar-refractivity contribution is 7.91. The van der Waals surface area contributed by atoms with E-state index in [4.69, 9.17) is 5.73 Å². The van der Waals surface area contributed by atoms with Gasteiger partial charge in [0.2, 0.25) is 0 Å². The summed E-state index contributed by atoms with van der Waals surface area (Å²) in [4.78, 5) is 10.8. The summed E-state index contributed by atoms with van der Waals surface area (Å²) in [5, 5.41) is 0. The van der Waals surface area contributed by atoms with Crippen LogP contribution in [0.25, 0.3) is 0 Å². The fraction of sp³-hybridized carbons (Fsp3) is 0.889. The first kappa shape index (κ1) is 14.4. The molecule has 0 aliphatic carbocycles. The van der Waals surface area contributed by atoms with E-state index in [2.05, 4.69) is 4.74 Å². The molecule has 0 aromatic heterocycles. The number of sulfone groups is 1. The molecule has 5 nitrogen and oxygen atoms in total. The van der Waals surface area contributed by atoms with Crippen LogP contribution in [-0.4, -0.2) is 39.0 Å². The van der Waals surface area contributed by atoms with Crippen molar-refractivity contribution in [3.05, 3.63) is 0 Å². The largest absolute Gasteiger partial charge is 0.469 e. The fourth-order valence-electron chi connectivity index (χ4n) is 1.20. The summed E-state index contributed by atoms with van der Waals surface area (Å²) in [5.74, 6) is -0.753. The van der Waals surface area contributed by atoms with E-state index in [0.29, 0.717) is 6.42 Å². The van der Waals surface area contributed by atoms with Crippen molar-refractivity contribution in [1.82, 2.24) is 0 Å². The lowest BCUT2D eigenvalue weighted by Crippen LogP contribution is -2.31. The molecule has 90 valence electrons. The first-order chi connectivity index (χ1) is 6.91. The Balaban J connectivity index is 4.02. The Kier molecular flexibility index (Phi) is 6.51. The molecule has 0 amide bonds. The molecule has 6 heteroatoms. The number of esters is 1. The molecule has 1 unspecified atom stereocenters. The second kappa shape index (κ2) is 6.79. The van der Waals surface area contributed by atoms with E-state index in [1.807, 2.05) is 6.92 Å². The highest BCUT2D eigenvalue weighted by atomic mass is 32.2. The number of carbonyl (C=O) groups is 1. The van der Waals surface area contributed by atoms with E-state index in [1.165, 1.54) is 7.11 Å². The highest BCUT2D eigenvalue weighted by Gasteiger charge is 2.17. The SMILES string of the molecule is CCCC(N)CS(=O)(=O)CCC(=O)OC. The van der Waals surface area contributed by atoms with Gasteiger partial charge in [-0.05, 0) is 6.42 Å². The van der Waals surface area contributed by atoms with E-state index < -0.39 is 15.8 Å². The standard InChI is InChI=1S/C9H19NO4S/c1-3-4-8(10)7-15(12,13)6-5-9(11)14-2/h8H,3-7,10H2,1-2H3. The van der Waals surface area contributed by atoms with Crippen LogP contribution in [-0.2, 0) is 19.4 Å². The Morgan fingerprint density at radius 3 is 2.53 bits per heavy atom. The van der Waals surface area contributed by atoms with Crippen LogP contribution in [0, 0.1) is 0 Å². The second-order valence-corrected chi connectivity index (χ2v) is 5.72. The van der Waals surface area contributed by atoms with Gasteiger partial charge in [0, 0.05) is 6.04 Å². The lowest BCUT2D eigenvalue weighted by Gasteiger charge is -2.10. The predicted molar refractivity (Wildman–Crippen MR) is 58.2 cm³/mol. The molecule has 0 aromatic rings. The Labute approximate surface area is 90.9 Å². The molecule has 0 heterocycles. The van der Waals surface area contributed by atoms with Gasteiger partial charge in [-0.3, -0.25) is 4.79 Å². The van der Waals surface area contributed by atoms with Crippen molar-refractivity contribution in [3.8, 4) is 0 Å². The van der Waals surface area contributed by atoms with Crippen LogP contribution >= 0.6 is 0 Å². The van der Waals surface area contributed by atoms with Crippen LogP contribution in [0.2, 0.25) is 0 Å². The van der Waals surface area contributed by atoms with Gasteiger partial charge >= 0.3 is 5.97 Å². The predicted octanol–water partition coefficient (Wildman–Crippen LogP) is 0.0917. The number of nitrogens with two attached hydrogens (primary N) is 1. The zero-order valence-electron chi connectivity index (χ0n) is 9.23. The Hall–Kier alpha value is -0.620. The Morgan fingerprint density at radius 1 is 1.47 bits per heavy atom. The van der Waals surface area contributed by atoms with E-state index in [0.717, 1.165) is 6.42 Å². The summed E-state index contributed by atoms with van der Waals surface area (Å²) in [7, 11) is -2.00. The molecular weight excluding hydrogens is 218 g/mol. The summed E-state index contributed by atoms with van der Waals surface area (Å²) in [6.07, 6.45) is 1.43. The first-order valence-electron chi connectivity index (χ1n) is 4.94. The maximum atomic E-state index is 11.4. The molecule has 15 heavy (non-hydrogen) atoms. The lowest BCUT2D eigenvalue weighted by molar-refractivity contribution is -0.140. The van der Waals surface area contributed by atoms with Crippen LogP contribution in [0.5, 0.6) is 0 Å². The maximum absolute atomic E-state index is 11.4. The molecular formula is C9H19NO4S. The van der Waals surface area contributed by atoms with Gasteiger partial charge in [-0.15, -0.1) is 0 Å². The van der Waals surface area contributed by atoms with Crippen molar-refractivity contribution in [3.63, 3.8) is 0 Å². The van der Waals surface area contributed by atoms with E-state index in [9.17, 15) is 13.2 Å². The minimum atomic E-state index is -3.23. The normalized spacial score (nSPS) is 13.5. The van der Waals surface area contributed by atoms with E-state index >= 15 is 0 Å². The number of carbonyl (C=O) groups excluding carboxylic acids is 1. The highest BCUT2D eigenvalue weighted by Crippen LogP contribution is 2.01. The molecule has 0 aromatic carbocycles. The fourth-order valence-corrected chi connectivity index (χ4v) is 2.67. The summed E-state index contributed by atoms with van der Waals surface area (Å²) in [6, 6.07) is -0.336. The van der Waals surface area contributed by atoms with E-state index in [1.54, 1.807) is 0 Å². The Bertz CT molecular complexity index is 286. The summed E-state index contributed by atoms with van der Waals surface area (Å²) in [6.45, 7) is 1.95. The molecule has 0 spiro atoms. The number of hydrogen-bond donors (Lipinski definition) is 1. The number of hydrogen-bond acceptors (Lipinski definition) is 5. The molecule has 0 rings (SSSR count). The molecule has 0 bridgehead atoms. The van der Waals surface area contributed by atoms with Crippen LogP contribution in [0.15, 0.2) is 0 Å². The van der Waals surface area contributed by atoms with Crippen LogP contribution in [0.1, 0.15) is 26.2 Å². The maximum Gasteiger partial charge on any atom is 0.306 e. The number of rotatable bonds is 7. The van der Waals surface area contributed by atoms with Crippen molar-refractivity contribution in [2.45, 2.75) is 32.2 Å². The summed E-state index contributed by atoms with van der Waals surface area (Å²) < 4.78 is 27.3. The van der Waals surface area contributed by atoms with Crippen molar-refractivity contribution < 1.29 is 17.9 Å². The van der Waals surface area contributed by atoms with Crippen LogP contribution in [0.4, 0.5) is 0 Å². The first-order valence-corrected chi connectivity index (χ1v) is 6.76. The molecule has 1 atom stereocenters. The van der Waals surface area contributed by atoms with Crippen molar-refractivity contribution in [1.29, 1.82) is 0 Å². The van der Waals surface area contributed by atoms with Crippen molar-refractivity contribution in [2.75, 3.05) is 18.6 Å². The quantitative estimate of drug-likeness (QED) is 0.634. The number of methoxy groups -OCH3 is 1. The van der Waals surface area contributed by atoms with Gasteiger partial charge < -0.3 is 10.5 Å². The van der Waals surface area contributed by atoms with Gasteiger partial charge in [0.25, 0.3) is 0 Å². The molecule has 0 aliphatic heterocycles. The van der Waals surface area contributed by atoms with Gasteiger partial charge in [0.05, 0.1) is 25.0 Å². The zero-order valence-corrected chi connectivity index (χ0v) is 10.0. The molecule has 0 saturated heterocycles. The smallest absolute Gasteiger partial charge is 0.306 e. The third-order valence-electron chi connectivity index (χ3n) is 1.97. The third-order valence-corrected chi connectivity index (χ3v) is 3.73. The molecule has 0 radical (unpaired) electrons. The van der Waals surface area contributed by atoms with Gasteiger partial charge in [0.15, 0.2) is 9.84 Å². The second-order valence-electron chi connectivity index (χ2n) is 3.49. The van der Waals surface area contributed by atoms with E-state index in [-0.39, 0.29) is 24.0 Å². The van der Waals surface area contributed by atoms with Crippen LogP contribution in [0.3, 0.4) is 0 Å². The topological polar surface area (TPSA) is 86.5 Å². The zero-order chi connectivity index (χ0) is 11.9. The monoisotopic (exact) mass is 237 g/mol. The van der Waals surface area contributed by atoms with Gasteiger partial charge in [0.1, 0.15) is 0 Å². The lowest BCUT2D eigenvalue weighted by atomic mass is 10.2. The van der Waals surface area contributed by atoms with Gasteiger partial charge in [-0.1, -0.05) is 13.3 Å². The minimum Gasteiger partial charge on any atom is -0.469 e. The van der Waals surface area contributed by atoms with Gasteiger partial charge in [-0.2, -0.15) is 0 Å². The Morgan fingerprint density at radius 2 is 2.07 bits per heavy atom. The average Bonchev–Trinajstić information content (AvgIpc) is 2.13. The van der Waals surface area contributed by atoms with Crippen molar-refractivity contribution >= 4 is 15.8 Å². The average molecular weight is 237 g/mol. The molecule has 2 N–H and O–H groups in total. The molecule has 0 aliphatic rings. The summed E-state index contributed by atoms with van der Waals surface area (Å²) >= 11 is 0. The molecule has 0 fully saturated rings. The number of ether oxygens (including phenoxy) is 1. The minimum absolute atomic E-state index is 0.0577. The third kappa shape index (κ3) is 7.33. The summed E-state index contributed by atoms with van der Waals surface area (Å²) in [5.41, 5.74) is 5.61. The molecule has 0 saturated carbocycles. The van der Waals surface area contributed by atoms with Gasteiger partial charge in [-0.25, -0.2) is 8.42 Å². The van der Waals surface area contributed by atoms with Crippen LogP contribution < -0.4 is 5.73 Å². The van der Waals surface area contributed by atoms with Crippen molar-refractivity contribution in [2.24, 2.45) is 5.73 Å².